The summed E-state index contributed by atoms with van der Waals surface area (Å²) in [6, 6.07) is 3.85. The van der Waals surface area contributed by atoms with E-state index in [0.717, 1.165) is 17.9 Å². The molecule has 0 amide bonds. The summed E-state index contributed by atoms with van der Waals surface area (Å²) in [5.74, 6) is 0.206. The number of aromatic nitrogens is 1. The molecule has 0 unspecified atom stereocenters. The van der Waals surface area contributed by atoms with Gasteiger partial charge in [-0.2, -0.15) is 13.5 Å². The van der Waals surface area contributed by atoms with Gasteiger partial charge in [-0.15, -0.1) is 0 Å². The topological polar surface area (TPSA) is 50.2 Å². The van der Waals surface area contributed by atoms with E-state index in [0.29, 0.717) is 0 Å². The molecule has 1 aliphatic rings. The third kappa shape index (κ3) is 3.85. The van der Waals surface area contributed by atoms with Gasteiger partial charge < -0.3 is 5.11 Å². The number of hydrogen-bond donors (Lipinski definition) is 1. The van der Waals surface area contributed by atoms with Crippen LogP contribution in [0.2, 0.25) is 0 Å². The van der Waals surface area contributed by atoms with Gasteiger partial charge in [-0.3, -0.25) is 9.78 Å². The van der Waals surface area contributed by atoms with Crippen LogP contribution >= 0.6 is 13.5 Å². The number of pyridine rings is 1. The number of aliphatic carboxylic acids is 1. The molecule has 0 saturated heterocycles. The smallest absolute Gasteiger partial charge is 0.303 e. The minimum absolute atomic E-state index is 0. The molecule has 4 heteroatoms. The van der Waals surface area contributed by atoms with E-state index in [1.54, 1.807) is 12.4 Å². The average Bonchev–Trinajstić information content (AvgIpc) is 3.01. The van der Waals surface area contributed by atoms with Crippen LogP contribution in [0, 0.1) is 5.92 Å². The Bertz CT molecular complexity index is 338. The van der Waals surface area contributed by atoms with Crippen molar-refractivity contribution in [2.75, 3.05) is 0 Å². The van der Waals surface area contributed by atoms with Crippen molar-refractivity contribution in [2.24, 2.45) is 5.92 Å². The predicted octanol–water partition coefficient (Wildman–Crippen LogP) is 2.55. The van der Waals surface area contributed by atoms with E-state index in [1.807, 2.05) is 12.1 Å². The first-order chi connectivity index (χ1) is 7.25. The molecule has 0 aromatic carbocycles. The Kier molecular flexibility index (Phi) is 4.80. The van der Waals surface area contributed by atoms with Crippen LogP contribution in [0.15, 0.2) is 24.5 Å². The van der Waals surface area contributed by atoms with Crippen molar-refractivity contribution in [1.82, 2.24) is 4.98 Å². The van der Waals surface area contributed by atoms with Crippen molar-refractivity contribution >= 4 is 19.5 Å². The minimum Gasteiger partial charge on any atom is -0.481 e. The van der Waals surface area contributed by atoms with Crippen molar-refractivity contribution < 1.29 is 9.90 Å². The number of rotatable bonds is 5. The maximum Gasteiger partial charge on any atom is 0.303 e. The largest absolute Gasteiger partial charge is 0.481 e. The molecule has 88 valence electrons. The fraction of sp³-hybridized carbons (Fsp3) is 0.500. The van der Waals surface area contributed by atoms with E-state index in [2.05, 4.69) is 4.98 Å². The highest BCUT2D eigenvalue weighted by Gasteiger charge is 2.27. The van der Waals surface area contributed by atoms with Crippen LogP contribution < -0.4 is 0 Å². The van der Waals surface area contributed by atoms with Crippen LogP contribution in [0.5, 0.6) is 0 Å². The molecule has 3 nitrogen and oxygen atoms in total. The summed E-state index contributed by atoms with van der Waals surface area (Å²) in [5, 5.41) is 8.86. The van der Waals surface area contributed by atoms with Gasteiger partial charge in [0.1, 0.15) is 0 Å². The van der Waals surface area contributed by atoms with Gasteiger partial charge >= 0.3 is 5.97 Å². The summed E-state index contributed by atoms with van der Waals surface area (Å²) in [5.41, 5.74) is 1.11. The highest BCUT2D eigenvalue weighted by atomic mass is 32.1. The van der Waals surface area contributed by atoms with Crippen molar-refractivity contribution in [2.45, 2.75) is 31.6 Å². The van der Waals surface area contributed by atoms with Gasteiger partial charge in [0.2, 0.25) is 0 Å². The zero-order valence-corrected chi connectivity index (χ0v) is 10.1. The van der Waals surface area contributed by atoms with Gasteiger partial charge in [0.25, 0.3) is 0 Å². The van der Waals surface area contributed by atoms with Crippen LogP contribution in [0.25, 0.3) is 0 Å². The summed E-state index contributed by atoms with van der Waals surface area (Å²) in [4.78, 5) is 14.7. The fourth-order valence-electron chi connectivity index (χ4n) is 1.94. The summed E-state index contributed by atoms with van der Waals surface area (Å²) >= 11 is 0. The van der Waals surface area contributed by atoms with Crippen LogP contribution in [0.4, 0.5) is 0 Å². The predicted molar refractivity (Wildman–Crippen MR) is 67.0 cm³/mol. The molecule has 1 atom stereocenters. The molecule has 1 N–H and O–H groups in total. The third-order valence-electron chi connectivity index (χ3n) is 2.91. The molecule has 0 aliphatic heterocycles. The lowest BCUT2D eigenvalue weighted by molar-refractivity contribution is -0.137. The zero-order valence-electron chi connectivity index (χ0n) is 9.10. The maximum absolute atomic E-state index is 10.8. The van der Waals surface area contributed by atoms with Crippen molar-refractivity contribution in [3.8, 4) is 0 Å². The van der Waals surface area contributed by atoms with Crippen molar-refractivity contribution in [3.05, 3.63) is 30.1 Å². The third-order valence-corrected chi connectivity index (χ3v) is 2.91. The van der Waals surface area contributed by atoms with E-state index < -0.39 is 5.97 Å². The lowest BCUT2D eigenvalue weighted by atomic mass is 9.91. The van der Waals surface area contributed by atoms with Crippen LogP contribution in [-0.4, -0.2) is 16.1 Å². The zero-order chi connectivity index (χ0) is 10.7. The van der Waals surface area contributed by atoms with Crippen LogP contribution in [0.3, 0.4) is 0 Å². The Hall–Kier alpha value is -1.03. The molecule has 2 rings (SSSR count). The number of carboxylic acids is 1. The molecule has 16 heavy (non-hydrogen) atoms. The Morgan fingerprint density at radius 3 is 2.56 bits per heavy atom. The molecule has 0 bridgehead atoms. The number of carboxylic acid groups (broad SMARTS) is 1. The molecule has 1 saturated carbocycles. The lowest BCUT2D eigenvalue weighted by Crippen LogP contribution is -2.07. The second-order valence-corrected chi connectivity index (χ2v) is 4.25. The Labute approximate surface area is 102 Å². The van der Waals surface area contributed by atoms with Gasteiger partial charge in [-0.25, -0.2) is 0 Å². The number of nitrogens with zero attached hydrogens (tertiary/aromatic N) is 1. The highest BCUT2D eigenvalue weighted by Crippen LogP contribution is 2.39. The lowest BCUT2D eigenvalue weighted by Gasteiger charge is -2.14. The minimum atomic E-state index is -0.711. The molecular formula is C12H17NO2S. The molecule has 1 fully saturated rings. The monoisotopic (exact) mass is 239 g/mol. The first-order valence-electron chi connectivity index (χ1n) is 5.37. The fourth-order valence-corrected chi connectivity index (χ4v) is 1.94. The molecule has 1 aromatic rings. The van der Waals surface area contributed by atoms with Gasteiger partial charge in [0.05, 0.1) is 6.42 Å². The summed E-state index contributed by atoms with van der Waals surface area (Å²) in [6.45, 7) is 0. The first kappa shape index (κ1) is 13.0. The Balaban J connectivity index is 0.00000128. The first-order valence-corrected chi connectivity index (χ1v) is 5.37. The standard InChI is InChI=1S/C12H15NO2.H2S/c14-12(15)8-11(7-9-1-2-9)10-3-5-13-6-4-10;/h3-6,9,11H,1-2,7-8H2,(H,14,15);1H2/t11-;/m0./s1. The number of carbonyl (C=O) groups is 1. The Morgan fingerprint density at radius 2 is 2.06 bits per heavy atom. The van der Waals surface area contributed by atoms with Gasteiger partial charge in [0.15, 0.2) is 0 Å². The van der Waals surface area contributed by atoms with Crippen molar-refractivity contribution in [1.29, 1.82) is 0 Å². The van der Waals surface area contributed by atoms with E-state index in [1.165, 1.54) is 12.8 Å². The normalized spacial score (nSPS) is 16.2. The van der Waals surface area contributed by atoms with Gasteiger partial charge in [-0.05, 0) is 36.0 Å². The van der Waals surface area contributed by atoms with Crippen molar-refractivity contribution in [3.63, 3.8) is 0 Å². The highest BCUT2D eigenvalue weighted by molar-refractivity contribution is 7.59. The van der Waals surface area contributed by atoms with E-state index in [9.17, 15) is 4.79 Å². The summed E-state index contributed by atoms with van der Waals surface area (Å²) in [7, 11) is 0. The summed E-state index contributed by atoms with van der Waals surface area (Å²) in [6.07, 6.45) is 7.24. The Morgan fingerprint density at radius 1 is 1.44 bits per heavy atom. The van der Waals surface area contributed by atoms with Crippen LogP contribution in [0.1, 0.15) is 37.2 Å². The average molecular weight is 239 g/mol. The van der Waals surface area contributed by atoms with Gasteiger partial charge in [-0.1, -0.05) is 12.8 Å². The van der Waals surface area contributed by atoms with E-state index >= 15 is 0 Å². The second-order valence-electron chi connectivity index (χ2n) is 4.25. The number of hydrogen-bond acceptors (Lipinski definition) is 2. The van der Waals surface area contributed by atoms with Gasteiger partial charge in [0, 0.05) is 12.4 Å². The molecule has 1 aliphatic carbocycles. The second kappa shape index (κ2) is 5.89. The molecule has 1 aromatic heterocycles. The summed E-state index contributed by atoms with van der Waals surface area (Å²) < 4.78 is 0. The van der Waals surface area contributed by atoms with E-state index in [4.69, 9.17) is 5.11 Å². The molecule has 1 heterocycles. The molecule has 0 radical (unpaired) electrons. The van der Waals surface area contributed by atoms with Crippen LogP contribution in [-0.2, 0) is 4.79 Å². The molecular weight excluding hydrogens is 222 g/mol. The quantitative estimate of drug-likeness (QED) is 0.859. The maximum atomic E-state index is 10.8. The molecule has 0 spiro atoms. The SMILES string of the molecule is O=C(O)C[C@H](CC1CC1)c1ccncc1.S. The van der Waals surface area contributed by atoms with E-state index in [-0.39, 0.29) is 25.8 Å².